The number of nitrogens with zero attached hydrogens (tertiary/aromatic N) is 4. The van der Waals surface area contributed by atoms with Crippen molar-refractivity contribution in [1.82, 2.24) is 30.4 Å². The van der Waals surface area contributed by atoms with Gasteiger partial charge in [0, 0.05) is 49.8 Å². The molecular weight excluding hydrogens is 884 g/mol. The second-order valence-corrected chi connectivity index (χ2v) is 20.3. The summed E-state index contributed by atoms with van der Waals surface area (Å²) in [6, 6.07) is 39.7. The molecule has 2 N–H and O–H groups in total. The van der Waals surface area contributed by atoms with Gasteiger partial charge in [-0.3, -0.25) is 9.59 Å². The highest BCUT2D eigenvalue weighted by Gasteiger charge is 2.39. The standard InChI is InChI=1S/C27H30ClN3O2.C27H32ClN3OS/c1-31(2)27(19-20-10-12-21(28)13-11-20)16-14-22(15-17-27)30-25(32)24-9-6-18-29-26(24)33-23-7-4-3-5-8-23;1-19-24(30-26(33-19)21-7-5-4-6-8-21)17-25(32)29-23-13-15-27(16-14-23,31(2)3)18-20-9-11-22(28)12-10-20/h3-13,18,22H,14-17,19H2,1-2H3,(H,30,32);4-12,23H,13-18H2,1-3H3,(H,29,32). The summed E-state index contributed by atoms with van der Waals surface area (Å²) in [7, 11) is 8.64. The van der Waals surface area contributed by atoms with Crippen molar-refractivity contribution in [2.24, 2.45) is 0 Å². The molecule has 0 atom stereocenters. The predicted octanol–water partition coefficient (Wildman–Crippen LogP) is 11.7. The van der Waals surface area contributed by atoms with E-state index >= 15 is 0 Å². The summed E-state index contributed by atoms with van der Waals surface area (Å²) >= 11 is 13.8. The molecule has 2 aliphatic carbocycles. The van der Waals surface area contributed by atoms with Crippen LogP contribution in [0.2, 0.25) is 10.0 Å². The van der Waals surface area contributed by atoms with E-state index in [4.69, 9.17) is 32.9 Å². The fourth-order valence-electron chi connectivity index (χ4n) is 9.36. The molecule has 0 spiro atoms. The van der Waals surface area contributed by atoms with E-state index in [0.717, 1.165) is 95.4 Å². The molecular formula is C54H62Cl2N6O3S. The molecule has 12 heteroatoms. The molecule has 4 aromatic carbocycles. The van der Waals surface area contributed by atoms with E-state index < -0.39 is 0 Å². The Bertz CT molecular complexity index is 2480. The van der Waals surface area contributed by atoms with Crippen molar-refractivity contribution < 1.29 is 14.3 Å². The molecule has 2 amide bonds. The van der Waals surface area contributed by atoms with Crippen LogP contribution in [0.15, 0.2) is 128 Å². The van der Waals surface area contributed by atoms with E-state index in [0.29, 0.717) is 23.6 Å². The summed E-state index contributed by atoms with van der Waals surface area (Å²) in [6.07, 6.45) is 11.9. The third kappa shape index (κ3) is 12.9. The number of aryl methyl sites for hydroxylation is 1. The molecule has 0 radical (unpaired) electrons. The number of nitrogens with one attached hydrogen (secondary N) is 2. The molecule has 0 saturated heterocycles. The van der Waals surface area contributed by atoms with Gasteiger partial charge in [-0.2, -0.15) is 0 Å². The van der Waals surface area contributed by atoms with Gasteiger partial charge in [-0.05, 0) is 159 Å². The minimum Gasteiger partial charge on any atom is -0.438 e. The summed E-state index contributed by atoms with van der Waals surface area (Å²) in [5.74, 6) is 0.903. The third-order valence-corrected chi connectivity index (χ3v) is 15.1. The first-order chi connectivity index (χ1) is 31.8. The van der Waals surface area contributed by atoms with E-state index in [1.165, 1.54) is 11.1 Å². The number of para-hydroxylation sites is 1. The second-order valence-electron chi connectivity index (χ2n) is 18.3. The Balaban J connectivity index is 0.000000196. The number of hydrogen-bond acceptors (Lipinski definition) is 8. The zero-order valence-corrected chi connectivity index (χ0v) is 41.1. The van der Waals surface area contributed by atoms with E-state index in [9.17, 15) is 9.59 Å². The van der Waals surface area contributed by atoms with Crippen LogP contribution in [0, 0.1) is 6.92 Å². The van der Waals surface area contributed by atoms with E-state index in [2.05, 4.69) is 96.9 Å². The molecule has 2 saturated carbocycles. The van der Waals surface area contributed by atoms with Crippen molar-refractivity contribution in [3.8, 4) is 22.2 Å². The number of aromatic nitrogens is 2. The van der Waals surface area contributed by atoms with Crippen LogP contribution in [-0.2, 0) is 24.1 Å². The smallest absolute Gasteiger partial charge is 0.257 e. The average molecular weight is 946 g/mol. The fourth-order valence-corrected chi connectivity index (χ4v) is 10.6. The van der Waals surface area contributed by atoms with Gasteiger partial charge in [0.25, 0.3) is 5.91 Å². The Kier molecular flexibility index (Phi) is 16.7. The van der Waals surface area contributed by atoms with Crippen LogP contribution in [0.4, 0.5) is 0 Å². The number of halogens is 2. The highest BCUT2D eigenvalue weighted by atomic mass is 35.5. The molecule has 0 bridgehead atoms. The number of pyridine rings is 1. The SMILES string of the molecule is CN(C)C1(Cc2ccc(Cl)cc2)CCC(NC(=O)c2cccnc2Oc2ccccc2)CC1.Cc1sc(-c2ccccc2)nc1CC(=O)NC1CCC(Cc2ccc(Cl)cc2)(N(C)C)CC1. The zero-order chi connectivity index (χ0) is 46.7. The third-order valence-electron chi connectivity index (χ3n) is 13.5. The summed E-state index contributed by atoms with van der Waals surface area (Å²) in [5.41, 5.74) is 5.23. The Morgan fingerprint density at radius 2 is 1.18 bits per heavy atom. The number of benzene rings is 4. The molecule has 66 heavy (non-hydrogen) atoms. The van der Waals surface area contributed by atoms with Gasteiger partial charge in [0.15, 0.2) is 0 Å². The van der Waals surface area contributed by atoms with E-state index in [1.807, 2.05) is 72.8 Å². The van der Waals surface area contributed by atoms with Crippen LogP contribution in [-0.4, -0.2) is 82.9 Å². The first-order valence-corrected chi connectivity index (χ1v) is 24.5. The van der Waals surface area contributed by atoms with Crippen LogP contribution >= 0.6 is 34.5 Å². The number of rotatable bonds is 14. The average Bonchev–Trinajstić information content (AvgIpc) is 3.69. The van der Waals surface area contributed by atoms with Gasteiger partial charge in [0.2, 0.25) is 11.8 Å². The van der Waals surface area contributed by atoms with Crippen molar-refractivity contribution in [2.75, 3.05) is 28.2 Å². The Hall–Kier alpha value is -5.10. The topological polar surface area (TPSA) is 99.7 Å². The highest BCUT2D eigenvalue weighted by Crippen LogP contribution is 2.38. The Labute approximate surface area is 404 Å². The molecule has 2 aliphatic rings. The summed E-state index contributed by atoms with van der Waals surface area (Å²) in [6.45, 7) is 2.05. The van der Waals surface area contributed by atoms with Crippen LogP contribution in [0.3, 0.4) is 0 Å². The lowest BCUT2D eigenvalue weighted by Gasteiger charge is -2.45. The number of ether oxygens (including phenoxy) is 1. The van der Waals surface area contributed by atoms with Crippen molar-refractivity contribution in [3.05, 3.63) is 165 Å². The minimum absolute atomic E-state index is 0.0723. The van der Waals surface area contributed by atoms with Gasteiger partial charge in [0.1, 0.15) is 16.3 Å². The molecule has 2 fully saturated rings. The maximum Gasteiger partial charge on any atom is 0.257 e. The van der Waals surface area contributed by atoms with Gasteiger partial charge in [-0.15, -0.1) is 11.3 Å². The quantitative estimate of drug-likeness (QED) is 0.112. The number of carbonyl (C=O) groups excluding carboxylic acids is 2. The number of hydrogen-bond donors (Lipinski definition) is 2. The van der Waals surface area contributed by atoms with Crippen molar-refractivity contribution in [2.45, 2.75) is 101 Å². The molecule has 2 aromatic heterocycles. The number of likely N-dealkylation sites (N-methyl/N-ethyl adjacent to an activating group) is 2. The molecule has 0 unspecified atom stereocenters. The van der Waals surface area contributed by atoms with Gasteiger partial charge in [-0.1, -0.05) is 96.0 Å². The molecule has 8 rings (SSSR count). The van der Waals surface area contributed by atoms with Gasteiger partial charge in [0.05, 0.1) is 12.1 Å². The first kappa shape index (κ1) is 48.8. The zero-order valence-electron chi connectivity index (χ0n) is 38.7. The number of carbonyl (C=O) groups is 2. The largest absolute Gasteiger partial charge is 0.438 e. The summed E-state index contributed by atoms with van der Waals surface area (Å²) < 4.78 is 5.87. The highest BCUT2D eigenvalue weighted by molar-refractivity contribution is 7.15. The number of thiazole rings is 1. The van der Waals surface area contributed by atoms with Gasteiger partial charge in [-0.25, -0.2) is 9.97 Å². The second kappa shape index (κ2) is 22.6. The lowest BCUT2D eigenvalue weighted by atomic mass is 9.75. The first-order valence-electron chi connectivity index (χ1n) is 22.9. The van der Waals surface area contributed by atoms with Crippen molar-refractivity contribution in [1.29, 1.82) is 0 Å². The molecule has 9 nitrogen and oxygen atoms in total. The Morgan fingerprint density at radius 1 is 0.682 bits per heavy atom. The van der Waals surface area contributed by atoms with Crippen LogP contribution in [0.25, 0.3) is 10.6 Å². The van der Waals surface area contributed by atoms with Crippen molar-refractivity contribution in [3.63, 3.8) is 0 Å². The van der Waals surface area contributed by atoms with Crippen LogP contribution in [0.5, 0.6) is 11.6 Å². The molecule has 6 aromatic rings. The number of amides is 2. The maximum absolute atomic E-state index is 13.1. The van der Waals surface area contributed by atoms with Crippen molar-refractivity contribution >= 4 is 46.4 Å². The van der Waals surface area contributed by atoms with Crippen LogP contribution < -0.4 is 15.4 Å². The monoisotopic (exact) mass is 944 g/mol. The molecule has 0 aliphatic heterocycles. The van der Waals surface area contributed by atoms with Gasteiger partial charge < -0.3 is 25.2 Å². The summed E-state index contributed by atoms with van der Waals surface area (Å²) in [4.78, 5) is 40.8. The molecule has 346 valence electrons. The predicted molar refractivity (Wildman–Crippen MR) is 270 cm³/mol. The Morgan fingerprint density at radius 3 is 1.70 bits per heavy atom. The van der Waals surface area contributed by atoms with E-state index in [1.54, 1.807) is 29.7 Å². The minimum atomic E-state index is -0.144. The maximum atomic E-state index is 13.1. The molecule has 2 heterocycles. The van der Waals surface area contributed by atoms with E-state index in [-0.39, 0.29) is 35.0 Å². The lowest BCUT2D eigenvalue weighted by molar-refractivity contribution is -0.121. The fraction of sp³-hybridized carbons (Fsp3) is 0.370. The summed E-state index contributed by atoms with van der Waals surface area (Å²) in [5, 5.41) is 9.01. The normalized spacial score (nSPS) is 20.6. The van der Waals surface area contributed by atoms with Gasteiger partial charge >= 0.3 is 0 Å². The van der Waals surface area contributed by atoms with Crippen LogP contribution in [0.1, 0.15) is 83.4 Å². The lowest BCUT2D eigenvalue weighted by Crippen LogP contribution is -2.52.